The van der Waals surface area contributed by atoms with E-state index in [0.717, 1.165) is 31.2 Å². The fraction of sp³-hybridized carbons (Fsp3) is 0.800. The molecule has 4 nitrogen and oxygen atoms in total. The van der Waals surface area contributed by atoms with E-state index < -0.39 is 0 Å². The second kappa shape index (κ2) is 5.95. The fourth-order valence-electron chi connectivity index (χ4n) is 2.63. The molecule has 1 saturated carbocycles. The molecule has 19 heavy (non-hydrogen) atoms. The Balaban J connectivity index is 2.06. The van der Waals surface area contributed by atoms with Crippen molar-refractivity contribution in [3.63, 3.8) is 0 Å². The highest BCUT2D eigenvalue weighted by molar-refractivity contribution is 5.49. The minimum absolute atomic E-state index is 0.685. The maximum Gasteiger partial charge on any atom is 0.131 e. The molecule has 0 saturated heterocycles. The van der Waals surface area contributed by atoms with Gasteiger partial charge in [0.05, 0.1) is 5.69 Å². The number of anilines is 1. The number of aromatic nitrogens is 2. The van der Waals surface area contributed by atoms with E-state index in [0.29, 0.717) is 5.92 Å². The van der Waals surface area contributed by atoms with Crippen molar-refractivity contribution in [1.29, 1.82) is 0 Å². The van der Waals surface area contributed by atoms with Gasteiger partial charge in [0.15, 0.2) is 0 Å². The monoisotopic (exact) mass is 264 g/mol. The molecule has 108 valence electrons. The van der Waals surface area contributed by atoms with E-state index in [-0.39, 0.29) is 0 Å². The first-order chi connectivity index (χ1) is 8.99. The van der Waals surface area contributed by atoms with Gasteiger partial charge in [-0.1, -0.05) is 13.8 Å². The lowest BCUT2D eigenvalue weighted by atomic mass is 10.2. The molecule has 0 bridgehead atoms. The molecule has 1 aromatic rings. The van der Waals surface area contributed by atoms with Crippen molar-refractivity contribution in [2.45, 2.75) is 40.2 Å². The van der Waals surface area contributed by atoms with Gasteiger partial charge in [0.2, 0.25) is 0 Å². The van der Waals surface area contributed by atoms with Gasteiger partial charge in [-0.3, -0.25) is 4.68 Å². The van der Waals surface area contributed by atoms with Crippen LogP contribution in [0.3, 0.4) is 0 Å². The highest BCUT2D eigenvalue weighted by atomic mass is 15.4. The average Bonchev–Trinajstić information content (AvgIpc) is 3.05. The summed E-state index contributed by atoms with van der Waals surface area (Å²) in [6, 6.07) is 0. The van der Waals surface area contributed by atoms with E-state index in [2.05, 4.69) is 50.2 Å². The Morgan fingerprint density at radius 2 is 2.11 bits per heavy atom. The normalized spacial score (nSPS) is 15.3. The van der Waals surface area contributed by atoms with Gasteiger partial charge < -0.3 is 10.2 Å². The van der Waals surface area contributed by atoms with Crippen LogP contribution in [0.1, 0.15) is 37.9 Å². The maximum absolute atomic E-state index is 4.59. The zero-order valence-electron chi connectivity index (χ0n) is 13.0. The predicted octanol–water partition coefficient (Wildman–Crippen LogP) is 2.32. The summed E-state index contributed by atoms with van der Waals surface area (Å²) in [6.45, 7) is 9.73. The van der Waals surface area contributed by atoms with Crippen LogP contribution in [0.2, 0.25) is 0 Å². The second-order valence-electron chi connectivity index (χ2n) is 6.36. The van der Waals surface area contributed by atoms with Crippen LogP contribution in [-0.4, -0.2) is 29.9 Å². The molecule has 0 spiro atoms. The van der Waals surface area contributed by atoms with E-state index in [1.54, 1.807) is 0 Å². The lowest BCUT2D eigenvalue weighted by Gasteiger charge is -2.21. The van der Waals surface area contributed by atoms with Gasteiger partial charge in [-0.15, -0.1) is 0 Å². The van der Waals surface area contributed by atoms with Crippen molar-refractivity contribution in [2.24, 2.45) is 18.9 Å². The van der Waals surface area contributed by atoms with Crippen LogP contribution in [0, 0.1) is 18.8 Å². The van der Waals surface area contributed by atoms with Crippen LogP contribution < -0.4 is 10.2 Å². The first kappa shape index (κ1) is 14.4. The Morgan fingerprint density at radius 1 is 1.42 bits per heavy atom. The first-order valence-electron chi connectivity index (χ1n) is 7.43. The molecule has 4 heteroatoms. The molecule has 1 fully saturated rings. The first-order valence-corrected chi connectivity index (χ1v) is 7.43. The molecule has 1 aliphatic rings. The molecule has 1 aliphatic carbocycles. The Labute approximate surface area is 117 Å². The van der Waals surface area contributed by atoms with Crippen molar-refractivity contribution in [2.75, 3.05) is 25.0 Å². The molecule has 0 atom stereocenters. The van der Waals surface area contributed by atoms with Crippen molar-refractivity contribution in [1.82, 2.24) is 15.1 Å². The molecule has 0 radical (unpaired) electrons. The summed E-state index contributed by atoms with van der Waals surface area (Å²) in [5.74, 6) is 2.86. The lowest BCUT2D eigenvalue weighted by Crippen LogP contribution is -2.26. The third-order valence-electron chi connectivity index (χ3n) is 3.76. The molecule has 1 N–H and O–H groups in total. The van der Waals surface area contributed by atoms with Crippen molar-refractivity contribution in [3.8, 4) is 0 Å². The van der Waals surface area contributed by atoms with Gasteiger partial charge in [0.1, 0.15) is 5.82 Å². The number of hydrogen-bond donors (Lipinski definition) is 1. The van der Waals surface area contributed by atoms with Gasteiger partial charge in [-0.2, -0.15) is 5.10 Å². The van der Waals surface area contributed by atoms with Crippen molar-refractivity contribution >= 4 is 5.82 Å². The van der Waals surface area contributed by atoms with Crippen LogP contribution in [-0.2, 0) is 13.6 Å². The zero-order valence-corrected chi connectivity index (χ0v) is 13.0. The molecule has 0 aliphatic heterocycles. The highest BCUT2D eigenvalue weighted by Gasteiger charge is 2.25. The molecular formula is C15H28N4. The number of aryl methyl sites for hydroxylation is 2. The smallest absolute Gasteiger partial charge is 0.131 e. The van der Waals surface area contributed by atoms with Gasteiger partial charge in [0.25, 0.3) is 0 Å². The van der Waals surface area contributed by atoms with Crippen LogP contribution in [0.4, 0.5) is 5.82 Å². The Morgan fingerprint density at radius 3 is 2.68 bits per heavy atom. The van der Waals surface area contributed by atoms with E-state index >= 15 is 0 Å². The predicted molar refractivity (Wildman–Crippen MR) is 80.5 cm³/mol. The standard InChI is InChI=1S/C15H28N4/c1-11(2)8-16-9-14-12(3)17-19(5)15(14)18(4)10-13-6-7-13/h11,13,16H,6-10H2,1-5H3. The molecule has 0 aromatic carbocycles. The minimum atomic E-state index is 0.685. The number of nitrogens with one attached hydrogen (secondary N) is 1. The average molecular weight is 264 g/mol. The Bertz CT molecular complexity index is 418. The van der Waals surface area contributed by atoms with Crippen LogP contribution >= 0.6 is 0 Å². The summed E-state index contributed by atoms with van der Waals surface area (Å²) >= 11 is 0. The molecule has 1 heterocycles. The SMILES string of the molecule is Cc1nn(C)c(N(C)CC2CC2)c1CNCC(C)C. The van der Waals surface area contributed by atoms with Crippen molar-refractivity contribution < 1.29 is 0 Å². The minimum Gasteiger partial charge on any atom is -0.359 e. The third kappa shape index (κ3) is 3.72. The fourth-order valence-corrected chi connectivity index (χ4v) is 2.63. The van der Waals surface area contributed by atoms with Gasteiger partial charge in [-0.25, -0.2) is 0 Å². The maximum atomic E-state index is 4.59. The zero-order chi connectivity index (χ0) is 14.0. The van der Waals surface area contributed by atoms with Crippen LogP contribution in [0.5, 0.6) is 0 Å². The van der Waals surface area contributed by atoms with Crippen LogP contribution in [0.15, 0.2) is 0 Å². The van der Waals surface area contributed by atoms with Gasteiger partial charge in [0, 0.05) is 32.7 Å². The summed E-state index contributed by atoms with van der Waals surface area (Å²) in [5.41, 5.74) is 2.50. The summed E-state index contributed by atoms with van der Waals surface area (Å²) in [6.07, 6.45) is 2.78. The van der Waals surface area contributed by atoms with E-state index in [1.165, 1.54) is 24.2 Å². The largest absolute Gasteiger partial charge is 0.359 e. The van der Waals surface area contributed by atoms with Crippen molar-refractivity contribution in [3.05, 3.63) is 11.3 Å². The highest BCUT2D eigenvalue weighted by Crippen LogP contribution is 2.32. The quantitative estimate of drug-likeness (QED) is 0.820. The molecule has 0 unspecified atom stereocenters. The molecule has 2 rings (SSSR count). The molecule has 0 amide bonds. The number of nitrogens with zero attached hydrogens (tertiary/aromatic N) is 3. The number of rotatable bonds is 7. The Kier molecular flexibility index (Phi) is 4.50. The van der Waals surface area contributed by atoms with Gasteiger partial charge in [-0.05, 0) is 38.1 Å². The summed E-state index contributed by atoms with van der Waals surface area (Å²) in [4.78, 5) is 2.38. The number of hydrogen-bond acceptors (Lipinski definition) is 3. The Hall–Kier alpha value is -1.03. The summed E-state index contributed by atoms with van der Waals surface area (Å²) < 4.78 is 2.03. The third-order valence-corrected chi connectivity index (χ3v) is 3.76. The van der Waals surface area contributed by atoms with E-state index in [9.17, 15) is 0 Å². The molecular weight excluding hydrogens is 236 g/mol. The van der Waals surface area contributed by atoms with Crippen LogP contribution in [0.25, 0.3) is 0 Å². The molecule has 1 aromatic heterocycles. The summed E-state index contributed by atoms with van der Waals surface area (Å²) in [5, 5.41) is 8.13. The lowest BCUT2D eigenvalue weighted by molar-refractivity contribution is 0.551. The topological polar surface area (TPSA) is 33.1 Å². The van der Waals surface area contributed by atoms with E-state index in [4.69, 9.17) is 0 Å². The van der Waals surface area contributed by atoms with E-state index in [1.807, 2.05) is 4.68 Å². The second-order valence-corrected chi connectivity index (χ2v) is 6.36. The summed E-state index contributed by atoms with van der Waals surface area (Å²) in [7, 11) is 4.25. The van der Waals surface area contributed by atoms with Gasteiger partial charge >= 0.3 is 0 Å².